The summed E-state index contributed by atoms with van der Waals surface area (Å²) in [5.41, 5.74) is 1.98. The van der Waals surface area contributed by atoms with Crippen molar-refractivity contribution in [1.29, 1.82) is 5.26 Å². The molecule has 0 aliphatic carbocycles. The van der Waals surface area contributed by atoms with Crippen molar-refractivity contribution >= 4 is 11.6 Å². The number of aromatic nitrogens is 1. The van der Waals surface area contributed by atoms with Crippen molar-refractivity contribution in [1.82, 2.24) is 5.16 Å². The molecule has 120 valence electrons. The van der Waals surface area contributed by atoms with Gasteiger partial charge in [0.25, 0.3) is 0 Å². The molecule has 2 aromatic rings. The third-order valence-corrected chi connectivity index (χ3v) is 3.41. The number of nitrogens with zero attached hydrogens (tertiary/aromatic N) is 2. The zero-order chi connectivity index (χ0) is 17.0. The van der Waals surface area contributed by atoms with Crippen LogP contribution >= 0.6 is 0 Å². The summed E-state index contributed by atoms with van der Waals surface area (Å²) in [7, 11) is 3.09. The van der Waals surface area contributed by atoms with Crippen molar-refractivity contribution < 1.29 is 18.8 Å². The van der Waals surface area contributed by atoms with Crippen molar-refractivity contribution in [3.63, 3.8) is 0 Å². The normalized spacial score (nSPS) is 10.0. The van der Waals surface area contributed by atoms with E-state index < -0.39 is 0 Å². The highest BCUT2D eigenvalue weighted by Crippen LogP contribution is 2.32. The van der Waals surface area contributed by atoms with Gasteiger partial charge in [-0.3, -0.25) is 4.79 Å². The van der Waals surface area contributed by atoms with Gasteiger partial charge in [-0.1, -0.05) is 5.16 Å². The molecule has 1 amide bonds. The summed E-state index contributed by atoms with van der Waals surface area (Å²) < 4.78 is 15.5. The van der Waals surface area contributed by atoms with Crippen LogP contribution in [0.2, 0.25) is 0 Å². The van der Waals surface area contributed by atoms with Crippen molar-refractivity contribution in [2.45, 2.75) is 20.3 Å². The topological polar surface area (TPSA) is 97.4 Å². The molecule has 1 N–H and O–H groups in total. The first-order valence-electron chi connectivity index (χ1n) is 6.87. The molecule has 0 bridgehead atoms. The van der Waals surface area contributed by atoms with E-state index in [0.717, 1.165) is 5.56 Å². The second kappa shape index (κ2) is 6.83. The number of aryl methyl sites for hydroxylation is 1. The quantitative estimate of drug-likeness (QED) is 0.909. The minimum Gasteiger partial charge on any atom is -0.496 e. The molecule has 0 atom stereocenters. The number of anilines is 1. The van der Waals surface area contributed by atoms with E-state index in [4.69, 9.17) is 19.3 Å². The number of hydrogen-bond donors (Lipinski definition) is 1. The maximum Gasteiger partial charge on any atom is 0.230 e. The lowest BCUT2D eigenvalue weighted by Gasteiger charge is -2.13. The second-order valence-electron chi connectivity index (χ2n) is 4.90. The second-order valence-corrected chi connectivity index (χ2v) is 4.90. The molecular formula is C16H17N3O4. The summed E-state index contributed by atoms with van der Waals surface area (Å²) in [6, 6.07) is 5.39. The van der Waals surface area contributed by atoms with Gasteiger partial charge in [-0.15, -0.1) is 0 Å². The summed E-state index contributed by atoms with van der Waals surface area (Å²) in [5, 5.41) is 15.5. The molecule has 0 fully saturated rings. The van der Waals surface area contributed by atoms with E-state index in [2.05, 4.69) is 10.5 Å². The molecule has 7 nitrogen and oxygen atoms in total. The maximum atomic E-state index is 12.2. The van der Waals surface area contributed by atoms with Crippen LogP contribution in [-0.4, -0.2) is 25.3 Å². The fraction of sp³-hybridized carbons (Fsp3) is 0.312. The third kappa shape index (κ3) is 3.43. The van der Waals surface area contributed by atoms with Crippen molar-refractivity contribution in [2.24, 2.45) is 0 Å². The Morgan fingerprint density at radius 1 is 1.30 bits per heavy atom. The number of carbonyl (C=O) groups is 1. The van der Waals surface area contributed by atoms with Crippen LogP contribution < -0.4 is 14.8 Å². The average Bonchev–Trinajstić information content (AvgIpc) is 2.88. The van der Waals surface area contributed by atoms with Crippen LogP contribution in [0.4, 0.5) is 5.69 Å². The number of hydrogen-bond acceptors (Lipinski definition) is 6. The standard InChI is InChI=1S/C16H17N3O4/c1-9-14(21-3)5-11(6-15(9)22-4)18-16(20)7-13-12(8-17)10(2)23-19-13/h5-6H,7H2,1-4H3,(H,18,20). The number of methoxy groups -OCH3 is 2. The number of nitriles is 1. The molecule has 23 heavy (non-hydrogen) atoms. The van der Waals surface area contributed by atoms with Gasteiger partial charge in [0.1, 0.15) is 28.8 Å². The van der Waals surface area contributed by atoms with Gasteiger partial charge < -0.3 is 19.3 Å². The van der Waals surface area contributed by atoms with E-state index >= 15 is 0 Å². The van der Waals surface area contributed by atoms with Gasteiger partial charge in [0.15, 0.2) is 5.76 Å². The lowest BCUT2D eigenvalue weighted by atomic mass is 10.1. The van der Waals surface area contributed by atoms with E-state index in [0.29, 0.717) is 34.2 Å². The lowest BCUT2D eigenvalue weighted by molar-refractivity contribution is -0.115. The highest BCUT2D eigenvalue weighted by atomic mass is 16.5. The molecule has 0 saturated heterocycles. The smallest absolute Gasteiger partial charge is 0.230 e. The Bertz CT molecular complexity index is 749. The van der Waals surface area contributed by atoms with Crippen LogP contribution in [-0.2, 0) is 11.2 Å². The fourth-order valence-electron chi connectivity index (χ4n) is 2.20. The lowest BCUT2D eigenvalue weighted by Crippen LogP contribution is -2.15. The number of ether oxygens (including phenoxy) is 2. The van der Waals surface area contributed by atoms with Gasteiger partial charge in [-0.2, -0.15) is 5.26 Å². The van der Waals surface area contributed by atoms with Gasteiger partial charge in [0.2, 0.25) is 5.91 Å². The predicted molar refractivity (Wildman–Crippen MR) is 82.6 cm³/mol. The Labute approximate surface area is 133 Å². The number of nitrogens with one attached hydrogen (secondary N) is 1. The number of carbonyl (C=O) groups excluding carboxylic acids is 1. The number of rotatable bonds is 5. The number of amides is 1. The van der Waals surface area contributed by atoms with Crippen LogP contribution in [0.5, 0.6) is 11.5 Å². The summed E-state index contributed by atoms with van der Waals surface area (Å²) in [6.45, 7) is 3.49. The van der Waals surface area contributed by atoms with Gasteiger partial charge in [-0.05, 0) is 13.8 Å². The molecule has 0 aliphatic heterocycles. The van der Waals surface area contributed by atoms with Crippen LogP contribution in [0, 0.1) is 25.2 Å². The molecule has 0 radical (unpaired) electrons. The Morgan fingerprint density at radius 2 is 1.91 bits per heavy atom. The molecule has 1 aromatic carbocycles. The largest absolute Gasteiger partial charge is 0.496 e. The highest BCUT2D eigenvalue weighted by Gasteiger charge is 2.17. The third-order valence-electron chi connectivity index (χ3n) is 3.41. The van der Waals surface area contributed by atoms with Crippen molar-refractivity contribution in [2.75, 3.05) is 19.5 Å². The summed E-state index contributed by atoms with van der Waals surface area (Å²) in [4.78, 5) is 12.2. The minimum absolute atomic E-state index is 0.0568. The molecule has 1 heterocycles. The van der Waals surface area contributed by atoms with Crippen molar-refractivity contribution in [3.05, 3.63) is 34.7 Å². The molecule has 2 rings (SSSR count). The Kier molecular flexibility index (Phi) is 4.86. The van der Waals surface area contributed by atoms with E-state index in [1.807, 2.05) is 13.0 Å². The van der Waals surface area contributed by atoms with Gasteiger partial charge in [0, 0.05) is 23.4 Å². The fourth-order valence-corrected chi connectivity index (χ4v) is 2.20. The first-order valence-corrected chi connectivity index (χ1v) is 6.87. The Hall–Kier alpha value is -3.01. The number of benzene rings is 1. The van der Waals surface area contributed by atoms with Crippen LogP contribution in [0.1, 0.15) is 22.6 Å². The summed E-state index contributed by atoms with van der Waals surface area (Å²) >= 11 is 0. The first kappa shape index (κ1) is 16.4. The summed E-state index contributed by atoms with van der Waals surface area (Å²) in [6.07, 6.45) is -0.0568. The van der Waals surface area contributed by atoms with Gasteiger partial charge in [0.05, 0.1) is 20.6 Å². The van der Waals surface area contributed by atoms with Crippen LogP contribution in [0.15, 0.2) is 16.7 Å². The SMILES string of the molecule is COc1cc(NC(=O)Cc2noc(C)c2C#N)cc(OC)c1C. The predicted octanol–water partition coefficient (Wildman–Crippen LogP) is 2.36. The van der Waals surface area contributed by atoms with E-state index in [-0.39, 0.29) is 12.3 Å². The molecule has 7 heteroatoms. The van der Waals surface area contributed by atoms with Crippen LogP contribution in [0.3, 0.4) is 0 Å². The minimum atomic E-state index is -0.317. The van der Waals surface area contributed by atoms with E-state index in [1.54, 1.807) is 33.3 Å². The van der Waals surface area contributed by atoms with Gasteiger partial charge >= 0.3 is 0 Å². The van der Waals surface area contributed by atoms with E-state index in [1.165, 1.54) is 0 Å². The molecule has 0 spiro atoms. The first-order chi connectivity index (χ1) is 11.0. The maximum absolute atomic E-state index is 12.2. The summed E-state index contributed by atoms with van der Waals surface area (Å²) in [5.74, 6) is 1.29. The Balaban J connectivity index is 2.19. The van der Waals surface area contributed by atoms with E-state index in [9.17, 15) is 4.79 Å². The molecule has 1 aromatic heterocycles. The Morgan fingerprint density at radius 3 is 2.43 bits per heavy atom. The average molecular weight is 315 g/mol. The van der Waals surface area contributed by atoms with Gasteiger partial charge in [-0.25, -0.2) is 0 Å². The molecular weight excluding hydrogens is 298 g/mol. The van der Waals surface area contributed by atoms with Crippen molar-refractivity contribution in [3.8, 4) is 17.6 Å². The molecule has 0 saturated carbocycles. The monoisotopic (exact) mass is 315 g/mol. The highest BCUT2D eigenvalue weighted by molar-refractivity contribution is 5.92. The zero-order valence-corrected chi connectivity index (χ0v) is 13.4. The molecule has 0 aliphatic rings. The zero-order valence-electron chi connectivity index (χ0n) is 13.4. The van der Waals surface area contributed by atoms with Crippen LogP contribution in [0.25, 0.3) is 0 Å². The molecule has 0 unspecified atom stereocenters.